The lowest BCUT2D eigenvalue weighted by Gasteiger charge is -2.17. The van der Waals surface area contributed by atoms with Gasteiger partial charge in [-0.1, -0.05) is 80.9 Å². The van der Waals surface area contributed by atoms with Crippen LogP contribution in [0.4, 0.5) is 0 Å². The summed E-state index contributed by atoms with van der Waals surface area (Å²) in [7, 11) is 0. The number of nitrogens with zero attached hydrogens (tertiary/aromatic N) is 2. The monoisotopic (exact) mass is 518 g/mol. The molecule has 5 rings (SSSR count). The quantitative estimate of drug-likeness (QED) is 0.265. The van der Waals surface area contributed by atoms with E-state index >= 15 is 0 Å². The molecule has 0 fully saturated rings. The number of rotatable bonds is 5. The lowest BCUT2D eigenvalue weighted by molar-refractivity contribution is -0.116. The standard InChI is InChI=1S/C21H21NO.C15H19N.H2/c1-14-9-20-19(7-8-22-21(20)10-15(14)2)13-18-6-4-5-17(12-18)11-16(3)23;1-11-6-5-7-12(10-11)13-8-9-14(16-13)15(2,3)4;/h4-10,12H,11,13H2,1-3H3;5-10,13H,1-4H3;1H. The zero-order valence-electron chi connectivity index (χ0n) is 24.4. The number of pyridine rings is 1. The molecular weight excluding hydrogens is 476 g/mol. The van der Waals surface area contributed by atoms with E-state index in [9.17, 15) is 4.79 Å². The first-order valence-corrected chi connectivity index (χ1v) is 13.7. The summed E-state index contributed by atoms with van der Waals surface area (Å²) < 4.78 is 0. The minimum atomic E-state index is 0. The van der Waals surface area contributed by atoms with E-state index in [1.807, 2.05) is 18.3 Å². The number of benzene rings is 3. The Morgan fingerprint density at radius 3 is 2.31 bits per heavy atom. The second kappa shape index (κ2) is 11.9. The van der Waals surface area contributed by atoms with E-state index in [1.165, 1.54) is 44.5 Å². The van der Waals surface area contributed by atoms with E-state index in [2.05, 4.69) is 113 Å². The van der Waals surface area contributed by atoms with E-state index < -0.39 is 0 Å². The minimum Gasteiger partial charge on any atom is -0.300 e. The fourth-order valence-corrected chi connectivity index (χ4v) is 4.87. The minimum absolute atomic E-state index is 0. The van der Waals surface area contributed by atoms with Crippen LogP contribution >= 0.6 is 0 Å². The Hall–Kier alpha value is -3.85. The van der Waals surface area contributed by atoms with Crippen LogP contribution in [0.15, 0.2) is 90.1 Å². The summed E-state index contributed by atoms with van der Waals surface area (Å²) in [5.41, 5.74) is 11.1. The number of fused-ring (bicyclic) bond motifs is 1. The number of aliphatic imine (C=N–C) groups is 1. The van der Waals surface area contributed by atoms with Crippen LogP contribution in [-0.2, 0) is 17.6 Å². The molecular formula is C36H42N2O. The summed E-state index contributed by atoms with van der Waals surface area (Å²) in [5, 5.41) is 1.22. The normalized spacial score (nSPS) is 14.6. The predicted molar refractivity (Wildman–Crippen MR) is 167 cm³/mol. The maximum atomic E-state index is 11.3. The highest BCUT2D eigenvalue weighted by Crippen LogP contribution is 2.30. The maximum absolute atomic E-state index is 11.3. The molecule has 0 N–H and O–H groups in total. The number of carbonyl (C=O) groups excluding carboxylic acids is 1. The van der Waals surface area contributed by atoms with Crippen LogP contribution in [0.3, 0.4) is 0 Å². The van der Waals surface area contributed by atoms with Crippen molar-refractivity contribution in [3.05, 3.63) is 124 Å². The average Bonchev–Trinajstić information content (AvgIpc) is 3.37. The van der Waals surface area contributed by atoms with Gasteiger partial charge in [0.25, 0.3) is 0 Å². The molecule has 1 unspecified atom stereocenters. The summed E-state index contributed by atoms with van der Waals surface area (Å²) in [5.74, 6) is 0.197. The third-order valence-electron chi connectivity index (χ3n) is 7.15. The van der Waals surface area contributed by atoms with Crippen molar-refractivity contribution >= 4 is 22.4 Å². The fourth-order valence-electron chi connectivity index (χ4n) is 4.87. The highest BCUT2D eigenvalue weighted by molar-refractivity contribution is 6.00. The van der Waals surface area contributed by atoms with E-state index in [4.69, 9.17) is 4.99 Å². The molecule has 0 amide bonds. The molecule has 202 valence electrons. The Kier molecular flexibility index (Phi) is 8.60. The summed E-state index contributed by atoms with van der Waals surface area (Å²) in [6.45, 7) is 14.6. The molecule has 0 saturated heterocycles. The van der Waals surface area contributed by atoms with Crippen LogP contribution in [0.2, 0.25) is 0 Å². The molecule has 0 radical (unpaired) electrons. The Balaban J connectivity index is 0.000000229. The highest BCUT2D eigenvalue weighted by atomic mass is 16.1. The Morgan fingerprint density at radius 2 is 1.62 bits per heavy atom. The molecule has 1 aromatic heterocycles. The second-order valence-corrected chi connectivity index (χ2v) is 11.8. The van der Waals surface area contributed by atoms with Crippen LogP contribution in [0.25, 0.3) is 10.9 Å². The number of Topliss-reactive ketones (excluding diaryl/α,β-unsaturated/α-hetero) is 1. The first kappa shape index (κ1) is 28.2. The first-order valence-electron chi connectivity index (χ1n) is 13.7. The molecule has 0 saturated carbocycles. The van der Waals surface area contributed by atoms with Gasteiger partial charge in [-0.25, -0.2) is 0 Å². The molecule has 0 spiro atoms. The number of carbonyl (C=O) groups is 1. The van der Waals surface area contributed by atoms with Crippen molar-refractivity contribution in [1.29, 1.82) is 0 Å². The molecule has 2 heterocycles. The number of aryl methyl sites for hydroxylation is 3. The average molecular weight is 519 g/mol. The molecule has 3 heteroatoms. The lowest BCUT2D eigenvalue weighted by atomic mass is 9.90. The third kappa shape index (κ3) is 7.38. The van der Waals surface area contributed by atoms with Crippen LogP contribution in [0.5, 0.6) is 0 Å². The molecule has 39 heavy (non-hydrogen) atoms. The Bertz CT molecular complexity index is 1560. The molecule has 1 aliphatic heterocycles. The zero-order valence-corrected chi connectivity index (χ0v) is 24.4. The van der Waals surface area contributed by atoms with Gasteiger partial charge in [-0.2, -0.15) is 0 Å². The van der Waals surface area contributed by atoms with Gasteiger partial charge in [0.05, 0.1) is 11.6 Å². The van der Waals surface area contributed by atoms with Crippen molar-refractivity contribution in [2.24, 2.45) is 10.4 Å². The van der Waals surface area contributed by atoms with Crippen molar-refractivity contribution in [2.45, 2.75) is 67.3 Å². The summed E-state index contributed by atoms with van der Waals surface area (Å²) in [6.07, 6.45) is 7.59. The van der Waals surface area contributed by atoms with E-state index in [0.717, 1.165) is 17.5 Å². The zero-order chi connectivity index (χ0) is 28.2. The van der Waals surface area contributed by atoms with Crippen molar-refractivity contribution in [2.75, 3.05) is 0 Å². The van der Waals surface area contributed by atoms with Gasteiger partial charge in [-0.3, -0.25) is 14.8 Å². The summed E-state index contributed by atoms with van der Waals surface area (Å²) in [4.78, 5) is 20.6. The van der Waals surface area contributed by atoms with Gasteiger partial charge in [0, 0.05) is 30.6 Å². The Labute approximate surface area is 235 Å². The van der Waals surface area contributed by atoms with Crippen molar-refractivity contribution in [3.63, 3.8) is 0 Å². The summed E-state index contributed by atoms with van der Waals surface area (Å²) >= 11 is 0. The molecule has 1 atom stereocenters. The van der Waals surface area contributed by atoms with Gasteiger partial charge >= 0.3 is 0 Å². The van der Waals surface area contributed by atoms with Crippen molar-refractivity contribution < 1.29 is 6.22 Å². The van der Waals surface area contributed by atoms with Crippen LogP contribution in [-0.4, -0.2) is 16.5 Å². The SMILES string of the molecule is CC(=O)Cc1cccc(Cc2ccnc3cc(C)c(C)cc23)c1.Cc1cccc(C2C=CC(C(C)(C)C)=N2)c1.[HH]. The molecule has 3 aromatic carbocycles. The highest BCUT2D eigenvalue weighted by Gasteiger charge is 2.22. The second-order valence-electron chi connectivity index (χ2n) is 11.8. The number of aromatic nitrogens is 1. The molecule has 0 bridgehead atoms. The van der Waals surface area contributed by atoms with Crippen LogP contribution in [0.1, 0.15) is 74.1 Å². The fraction of sp³-hybridized carbons (Fsp3) is 0.306. The topological polar surface area (TPSA) is 42.3 Å². The number of hydrogen-bond donors (Lipinski definition) is 0. The van der Waals surface area contributed by atoms with Gasteiger partial charge in [0.1, 0.15) is 5.78 Å². The van der Waals surface area contributed by atoms with Crippen molar-refractivity contribution in [1.82, 2.24) is 4.98 Å². The van der Waals surface area contributed by atoms with Crippen LogP contribution < -0.4 is 0 Å². The maximum Gasteiger partial charge on any atom is 0.134 e. The van der Waals surface area contributed by atoms with Crippen LogP contribution in [0, 0.1) is 26.2 Å². The lowest BCUT2D eigenvalue weighted by Crippen LogP contribution is -2.16. The molecule has 1 aliphatic rings. The van der Waals surface area contributed by atoms with Gasteiger partial charge in [0.2, 0.25) is 0 Å². The molecule has 4 aromatic rings. The van der Waals surface area contributed by atoms with Gasteiger partial charge in [-0.15, -0.1) is 0 Å². The first-order chi connectivity index (χ1) is 18.5. The summed E-state index contributed by atoms with van der Waals surface area (Å²) in [6, 6.07) is 23.6. The van der Waals surface area contributed by atoms with Gasteiger partial charge in [0.15, 0.2) is 0 Å². The molecule has 0 aliphatic carbocycles. The number of hydrogen-bond acceptors (Lipinski definition) is 3. The molecule has 3 nitrogen and oxygen atoms in total. The van der Waals surface area contributed by atoms with Crippen molar-refractivity contribution in [3.8, 4) is 0 Å². The van der Waals surface area contributed by atoms with E-state index in [1.54, 1.807) is 6.92 Å². The smallest absolute Gasteiger partial charge is 0.134 e. The van der Waals surface area contributed by atoms with E-state index in [-0.39, 0.29) is 18.7 Å². The Morgan fingerprint density at radius 1 is 0.897 bits per heavy atom. The van der Waals surface area contributed by atoms with Gasteiger partial charge in [-0.05, 0) is 91.8 Å². The third-order valence-corrected chi connectivity index (χ3v) is 7.15. The largest absolute Gasteiger partial charge is 0.300 e. The van der Waals surface area contributed by atoms with Gasteiger partial charge < -0.3 is 0 Å². The predicted octanol–water partition coefficient (Wildman–Crippen LogP) is 8.91. The number of allylic oxidation sites excluding steroid dienone is 1. The number of ketones is 1. The van der Waals surface area contributed by atoms with E-state index in [0.29, 0.717) is 6.42 Å².